The van der Waals surface area contributed by atoms with E-state index in [0.717, 1.165) is 18.4 Å². The van der Waals surface area contributed by atoms with Gasteiger partial charge in [-0.1, -0.05) is 44.2 Å². The van der Waals surface area contributed by atoms with Gasteiger partial charge in [0.1, 0.15) is 6.04 Å². The fourth-order valence-electron chi connectivity index (χ4n) is 2.64. The standard InChI is InChI=1S/C16H23NO3/c1-11(2)14-10-13(8-9-20-14)17-15(16(18)19)12-6-4-3-5-7-12/h3-7,11,13-15,17H,8-10H2,1-2H3,(H,18,19). The molecule has 1 aliphatic heterocycles. The van der Waals surface area contributed by atoms with Gasteiger partial charge in [-0.3, -0.25) is 10.1 Å². The quantitative estimate of drug-likeness (QED) is 0.868. The second kappa shape index (κ2) is 6.86. The zero-order valence-corrected chi connectivity index (χ0v) is 12.1. The molecule has 0 radical (unpaired) electrons. The third-order valence-electron chi connectivity index (χ3n) is 3.84. The molecule has 110 valence electrons. The van der Waals surface area contributed by atoms with Gasteiger partial charge in [-0.25, -0.2) is 0 Å². The Morgan fingerprint density at radius 3 is 2.65 bits per heavy atom. The summed E-state index contributed by atoms with van der Waals surface area (Å²) in [6.07, 6.45) is 1.94. The lowest BCUT2D eigenvalue weighted by atomic mass is 9.94. The number of rotatable bonds is 5. The lowest BCUT2D eigenvalue weighted by Gasteiger charge is -2.34. The van der Waals surface area contributed by atoms with Crippen LogP contribution in [0.1, 0.15) is 38.3 Å². The molecule has 1 saturated heterocycles. The Bertz CT molecular complexity index is 433. The average molecular weight is 277 g/mol. The van der Waals surface area contributed by atoms with Crippen molar-refractivity contribution in [3.63, 3.8) is 0 Å². The Labute approximate surface area is 120 Å². The Balaban J connectivity index is 2.03. The van der Waals surface area contributed by atoms with Crippen molar-refractivity contribution in [2.45, 2.75) is 44.9 Å². The second-order valence-electron chi connectivity index (χ2n) is 5.72. The van der Waals surface area contributed by atoms with E-state index in [1.54, 1.807) is 0 Å². The van der Waals surface area contributed by atoms with Crippen LogP contribution in [0.5, 0.6) is 0 Å². The van der Waals surface area contributed by atoms with E-state index in [1.165, 1.54) is 0 Å². The molecule has 0 spiro atoms. The average Bonchev–Trinajstić information content (AvgIpc) is 2.45. The number of carboxylic acids is 1. The van der Waals surface area contributed by atoms with E-state index in [1.807, 2.05) is 30.3 Å². The smallest absolute Gasteiger partial charge is 0.325 e. The number of nitrogens with one attached hydrogen (secondary N) is 1. The molecule has 1 heterocycles. The molecule has 1 aliphatic rings. The van der Waals surface area contributed by atoms with Gasteiger partial charge in [-0.2, -0.15) is 0 Å². The Morgan fingerprint density at radius 1 is 1.35 bits per heavy atom. The van der Waals surface area contributed by atoms with Crippen molar-refractivity contribution >= 4 is 5.97 Å². The number of hydrogen-bond donors (Lipinski definition) is 2. The first-order chi connectivity index (χ1) is 9.58. The van der Waals surface area contributed by atoms with Crippen LogP contribution in [0.3, 0.4) is 0 Å². The van der Waals surface area contributed by atoms with Gasteiger partial charge in [0.2, 0.25) is 0 Å². The summed E-state index contributed by atoms with van der Waals surface area (Å²) in [7, 11) is 0. The van der Waals surface area contributed by atoms with Gasteiger partial charge in [0, 0.05) is 12.6 Å². The van der Waals surface area contributed by atoms with E-state index in [9.17, 15) is 9.90 Å². The van der Waals surface area contributed by atoms with Gasteiger partial charge in [-0.05, 0) is 24.3 Å². The molecule has 1 fully saturated rings. The number of carboxylic acid groups (broad SMARTS) is 1. The van der Waals surface area contributed by atoms with Crippen LogP contribution in [0.4, 0.5) is 0 Å². The predicted octanol–water partition coefficient (Wildman–Crippen LogP) is 2.61. The van der Waals surface area contributed by atoms with Crippen LogP contribution in [0.2, 0.25) is 0 Å². The SMILES string of the molecule is CC(C)C1CC(NC(C(=O)O)c2ccccc2)CCO1. The highest BCUT2D eigenvalue weighted by Gasteiger charge is 2.29. The van der Waals surface area contributed by atoms with Gasteiger partial charge in [0.15, 0.2) is 0 Å². The molecule has 4 heteroatoms. The molecule has 0 aromatic heterocycles. The second-order valence-corrected chi connectivity index (χ2v) is 5.72. The summed E-state index contributed by atoms with van der Waals surface area (Å²) in [5, 5.41) is 12.7. The predicted molar refractivity (Wildman–Crippen MR) is 77.6 cm³/mol. The van der Waals surface area contributed by atoms with Crippen LogP contribution in [0.25, 0.3) is 0 Å². The zero-order valence-electron chi connectivity index (χ0n) is 12.1. The van der Waals surface area contributed by atoms with E-state index in [-0.39, 0.29) is 12.1 Å². The summed E-state index contributed by atoms with van der Waals surface area (Å²) in [6, 6.07) is 8.88. The van der Waals surface area contributed by atoms with E-state index in [4.69, 9.17) is 4.74 Å². The molecule has 20 heavy (non-hydrogen) atoms. The van der Waals surface area contributed by atoms with Crippen LogP contribution in [0, 0.1) is 5.92 Å². The van der Waals surface area contributed by atoms with Crippen molar-refractivity contribution in [2.75, 3.05) is 6.61 Å². The third-order valence-corrected chi connectivity index (χ3v) is 3.84. The molecule has 0 bridgehead atoms. The van der Waals surface area contributed by atoms with Gasteiger partial charge in [0.25, 0.3) is 0 Å². The monoisotopic (exact) mass is 277 g/mol. The van der Waals surface area contributed by atoms with Gasteiger partial charge >= 0.3 is 5.97 Å². The summed E-state index contributed by atoms with van der Waals surface area (Å²) in [5.74, 6) is -0.372. The summed E-state index contributed by atoms with van der Waals surface area (Å²) in [4.78, 5) is 11.5. The maximum Gasteiger partial charge on any atom is 0.325 e. The largest absolute Gasteiger partial charge is 0.480 e. The highest BCUT2D eigenvalue weighted by Crippen LogP contribution is 2.23. The fourth-order valence-corrected chi connectivity index (χ4v) is 2.64. The first kappa shape index (κ1) is 15.0. The van der Waals surface area contributed by atoms with Crippen molar-refractivity contribution in [3.05, 3.63) is 35.9 Å². The summed E-state index contributed by atoms with van der Waals surface area (Å²) in [5.41, 5.74) is 0.799. The fraction of sp³-hybridized carbons (Fsp3) is 0.562. The van der Waals surface area contributed by atoms with Crippen molar-refractivity contribution in [1.29, 1.82) is 0 Å². The third kappa shape index (κ3) is 3.81. The van der Waals surface area contributed by atoms with Crippen LogP contribution in [-0.2, 0) is 9.53 Å². The first-order valence-electron chi connectivity index (χ1n) is 7.23. The van der Waals surface area contributed by atoms with Gasteiger partial charge in [0.05, 0.1) is 6.10 Å². The number of aliphatic carboxylic acids is 1. The van der Waals surface area contributed by atoms with E-state index >= 15 is 0 Å². The summed E-state index contributed by atoms with van der Waals surface area (Å²) >= 11 is 0. The van der Waals surface area contributed by atoms with Crippen molar-refractivity contribution < 1.29 is 14.6 Å². The first-order valence-corrected chi connectivity index (χ1v) is 7.23. The molecule has 1 aromatic rings. The molecule has 2 N–H and O–H groups in total. The highest BCUT2D eigenvalue weighted by atomic mass is 16.5. The highest BCUT2D eigenvalue weighted by molar-refractivity contribution is 5.75. The maximum absolute atomic E-state index is 11.5. The number of hydrogen-bond acceptors (Lipinski definition) is 3. The zero-order chi connectivity index (χ0) is 14.5. The molecule has 0 amide bonds. The molecular formula is C16H23NO3. The lowest BCUT2D eigenvalue weighted by Crippen LogP contribution is -2.44. The number of ether oxygens (including phenoxy) is 1. The Kier molecular flexibility index (Phi) is 5.15. The Morgan fingerprint density at radius 2 is 2.05 bits per heavy atom. The minimum Gasteiger partial charge on any atom is -0.480 e. The van der Waals surface area contributed by atoms with Gasteiger partial charge < -0.3 is 9.84 Å². The van der Waals surface area contributed by atoms with Crippen LogP contribution >= 0.6 is 0 Å². The summed E-state index contributed by atoms with van der Waals surface area (Å²) < 4.78 is 5.73. The van der Waals surface area contributed by atoms with Gasteiger partial charge in [-0.15, -0.1) is 0 Å². The molecule has 1 aromatic carbocycles. The maximum atomic E-state index is 11.5. The van der Waals surface area contributed by atoms with Crippen LogP contribution in [0.15, 0.2) is 30.3 Å². The molecule has 2 rings (SSSR count). The Hall–Kier alpha value is -1.39. The van der Waals surface area contributed by atoms with Crippen molar-refractivity contribution in [3.8, 4) is 0 Å². The molecular weight excluding hydrogens is 254 g/mol. The van der Waals surface area contributed by atoms with Crippen molar-refractivity contribution in [1.82, 2.24) is 5.32 Å². The molecule has 3 atom stereocenters. The summed E-state index contributed by atoms with van der Waals surface area (Å²) in [6.45, 7) is 4.97. The van der Waals surface area contributed by atoms with Crippen LogP contribution in [-0.4, -0.2) is 29.8 Å². The number of benzene rings is 1. The van der Waals surface area contributed by atoms with Crippen molar-refractivity contribution in [2.24, 2.45) is 5.92 Å². The minimum atomic E-state index is -0.830. The van der Waals surface area contributed by atoms with E-state index < -0.39 is 12.0 Å². The lowest BCUT2D eigenvalue weighted by molar-refractivity contribution is -0.140. The minimum absolute atomic E-state index is 0.192. The number of carbonyl (C=O) groups is 1. The molecule has 4 nitrogen and oxygen atoms in total. The normalized spacial score (nSPS) is 24.6. The van der Waals surface area contributed by atoms with E-state index in [2.05, 4.69) is 19.2 Å². The van der Waals surface area contributed by atoms with Crippen LogP contribution < -0.4 is 5.32 Å². The molecule has 3 unspecified atom stereocenters. The molecule has 0 aliphatic carbocycles. The van der Waals surface area contributed by atoms with E-state index in [0.29, 0.717) is 12.5 Å². The molecule has 0 saturated carbocycles. The topological polar surface area (TPSA) is 58.6 Å².